The monoisotopic (exact) mass is 417 g/mol. The van der Waals surface area contributed by atoms with E-state index in [1.807, 2.05) is 11.8 Å². The molecular formula is C23H32FN3O3. The summed E-state index contributed by atoms with van der Waals surface area (Å²) < 4.78 is 18.8. The summed E-state index contributed by atoms with van der Waals surface area (Å²) in [6, 6.07) is 5.58. The third kappa shape index (κ3) is 4.31. The van der Waals surface area contributed by atoms with E-state index < -0.39 is 0 Å². The highest BCUT2D eigenvalue weighted by atomic mass is 19.1. The topological polar surface area (TPSA) is 61.9 Å². The molecule has 3 atom stereocenters. The van der Waals surface area contributed by atoms with Crippen LogP contribution < -0.4 is 5.32 Å². The smallest absolute Gasteiger partial charge is 0.410 e. The minimum atomic E-state index is -0.292. The summed E-state index contributed by atoms with van der Waals surface area (Å²) in [5.74, 6) is -0.429. The number of likely N-dealkylation sites (tertiary alicyclic amines) is 1. The number of carbonyl (C=O) groups is 2. The van der Waals surface area contributed by atoms with Gasteiger partial charge in [0.1, 0.15) is 5.82 Å². The van der Waals surface area contributed by atoms with Gasteiger partial charge >= 0.3 is 6.09 Å². The zero-order chi connectivity index (χ0) is 21.3. The molecule has 3 aliphatic heterocycles. The third-order valence-corrected chi connectivity index (χ3v) is 6.91. The Bertz CT molecular complexity index is 788. The van der Waals surface area contributed by atoms with Crippen molar-refractivity contribution in [1.29, 1.82) is 0 Å². The number of nitrogens with zero attached hydrogens (tertiary/aromatic N) is 2. The number of carbonyl (C=O) groups excluding carboxylic acids is 2. The van der Waals surface area contributed by atoms with Gasteiger partial charge in [0.25, 0.3) is 5.91 Å². The van der Waals surface area contributed by atoms with Gasteiger partial charge in [0.2, 0.25) is 0 Å². The maximum absolute atomic E-state index is 13.5. The Morgan fingerprint density at radius 3 is 2.57 bits per heavy atom. The van der Waals surface area contributed by atoms with Gasteiger partial charge in [0, 0.05) is 36.3 Å². The maximum atomic E-state index is 13.5. The molecule has 0 aromatic heterocycles. The maximum Gasteiger partial charge on any atom is 0.410 e. The number of amides is 2. The Morgan fingerprint density at radius 1 is 1.17 bits per heavy atom. The van der Waals surface area contributed by atoms with Crippen LogP contribution in [-0.2, 0) is 4.74 Å². The normalized spacial score (nSPS) is 29.0. The van der Waals surface area contributed by atoms with Crippen molar-refractivity contribution in [2.24, 2.45) is 0 Å². The molecule has 1 aromatic rings. The molecule has 4 rings (SSSR count). The number of nitrogens with one attached hydrogen (secondary N) is 1. The molecule has 30 heavy (non-hydrogen) atoms. The largest absolute Gasteiger partial charge is 0.450 e. The number of benzene rings is 1. The summed E-state index contributed by atoms with van der Waals surface area (Å²) in [5, 5.41) is 3.15. The quantitative estimate of drug-likeness (QED) is 0.815. The average Bonchev–Trinajstić information content (AvgIpc) is 3.00. The first-order valence-electron chi connectivity index (χ1n) is 11.2. The first-order valence-corrected chi connectivity index (χ1v) is 11.2. The minimum absolute atomic E-state index is 0.0948. The van der Waals surface area contributed by atoms with Crippen molar-refractivity contribution in [1.82, 2.24) is 15.1 Å². The molecule has 2 amide bonds. The number of hydrogen-bond acceptors (Lipinski definition) is 4. The predicted molar refractivity (Wildman–Crippen MR) is 112 cm³/mol. The third-order valence-electron chi connectivity index (χ3n) is 6.91. The van der Waals surface area contributed by atoms with Gasteiger partial charge in [-0.25, -0.2) is 9.18 Å². The van der Waals surface area contributed by atoms with Crippen molar-refractivity contribution in [2.45, 2.75) is 76.5 Å². The molecule has 6 nitrogen and oxygen atoms in total. The highest BCUT2D eigenvalue weighted by Gasteiger charge is 2.45. The molecule has 7 heteroatoms. The van der Waals surface area contributed by atoms with Crippen LogP contribution in [0.25, 0.3) is 0 Å². The van der Waals surface area contributed by atoms with Crippen LogP contribution in [0.15, 0.2) is 18.2 Å². The van der Waals surface area contributed by atoms with Crippen molar-refractivity contribution >= 4 is 12.0 Å². The molecule has 3 heterocycles. The lowest BCUT2D eigenvalue weighted by molar-refractivity contribution is 0.0309. The van der Waals surface area contributed by atoms with Gasteiger partial charge in [-0.15, -0.1) is 0 Å². The minimum Gasteiger partial charge on any atom is -0.450 e. The molecule has 3 aliphatic rings. The summed E-state index contributed by atoms with van der Waals surface area (Å²) >= 11 is 0. The van der Waals surface area contributed by atoms with Crippen LogP contribution in [0.5, 0.6) is 0 Å². The van der Waals surface area contributed by atoms with Crippen molar-refractivity contribution in [2.75, 3.05) is 19.7 Å². The number of rotatable bonds is 4. The molecule has 164 valence electrons. The first kappa shape index (κ1) is 21.1. The number of halogens is 1. The molecule has 0 spiro atoms. The van der Waals surface area contributed by atoms with Crippen LogP contribution in [0.1, 0.15) is 61.4 Å². The zero-order valence-corrected chi connectivity index (χ0v) is 17.9. The van der Waals surface area contributed by atoms with E-state index in [2.05, 4.69) is 10.2 Å². The van der Waals surface area contributed by atoms with Crippen molar-refractivity contribution < 1.29 is 18.7 Å². The highest BCUT2D eigenvalue weighted by Crippen LogP contribution is 2.38. The van der Waals surface area contributed by atoms with E-state index in [0.717, 1.165) is 51.6 Å². The second-order valence-electron chi connectivity index (χ2n) is 8.89. The van der Waals surface area contributed by atoms with Crippen LogP contribution >= 0.6 is 0 Å². The molecule has 3 fully saturated rings. The number of ether oxygens (including phenoxy) is 1. The van der Waals surface area contributed by atoms with Crippen LogP contribution in [-0.4, -0.2) is 65.7 Å². The fraction of sp³-hybridized carbons (Fsp3) is 0.652. The predicted octanol–water partition coefficient (Wildman–Crippen LogP) is 3.48. The van der Waals surface area contributed by atoms with Crippen molar-refractivity contribution in [3.8, 4) is 0 Å². The lowest BCUT2D eigenvalue weighted by atomic mass is 9.93. The van der Waals surface area contributed by atoms with E-state index in [4.69, 9.17) is 4.74 Å². The van der Waals surface area contributed by atoms with Gasteiger partial charge in [-0.05, 0) is 82.7 Å². The Labute approximate surface area is 177 Å². The van der Waals surface area contributed by atoms with Crippen molar-refractivity contribution in [3.63, 3.8) is 0 Å². The van der Waals surface area contributed by atoms with E-state index in [1.54, 1.807) is 19.1 Å². The number of piperidine rings is 2. The second-order valence-corrected chi connectivity index (χ2v) is 8.89. The zero-order valence-electron chi connectivity index (χ0n) is 17.9. The number of fused-ring (bicyclic) bond motifs is 2. The van der Waals surface area contributed by atoms with Gasteiger partial charge in [-0.1, -0.05) is 0 Å². The van der Waals surface area contributed by atoms with E-state index in [9.17, 15) is 14.0 Å². The summed E-state index contributed by atoms with van der Waals surface area (Å²) in [4.78, 5) is 29.4. The molecule has 2 bridgehead atoms. The average molecular weight is 418 g/mol. The number of hydrogen-bond donors (Lipinski definition) is 1. The summed E-state index contributed by atoms with van der Waals surface area (Å²) in [5.41, 5.74) is 0.989. The summed E-state index contributed by atoms with van der Waals surface area (Å²) in [6.45, 7) is 5.80. The fourth-order valence-electron chi connectivity index (χ4n) is 5.45. The van der Waals surface area contributed by atoms with E-state index >= 15 is 0 Å². The fourth-order valence-corrected chi connectivity index (χ4v) is 5.45. The highest BCUT2D eigenvalue weighted by molar-refractivity contribution is 5.94. The molecule has 0 aliphatic carbocycles. The van der Waals surface area contributed by atoms with Gasteiger partial charge in [0.05, 0.1) is 6.61 Å². The van der Waals surface area contributed by atoms with Gasteiger partial charge < -0.3 is 15.0 Å². The molecular weight excluding hydrogens is 385 g/mol. The molecule has 3 unspecified atom stereocenters. The first-order chi connectivity index (χ1) is 14.5. The van der Waals surface area contributed by atoms with Gasteiger partial charge in [-0.3, -0.25) is 9.69 Å². The molecule has 1 aromatic carbocycles. The molecule has 3 saturated heterocycles. The summed E-state index contributed by atoms with van der Waals surface area (Å²) in [7, 11) is 0. The second kappa shape index (κ2) is 8.92. The summed E-state index contributed by atoms with van der Waals surface area (Å²) in [6.07, 6.45) is 5.90. The standard InChI is InChI=1S/C23H32FN3O3/c1-3-30-23(29)27-18-7-8-19(27)13-20(12-18)26-10-4-5-17(14-26)25-22(28)16-6-9-21(24)15(2)11-16/h6,9,11,17-20H,3-5,7-8,10,12-14H2,1-2H3,(H,25,28). The van der Waals surface area contributed by atoms with Crippen LogP contribution in [0.4, 0.5) is 9.18 Å². The van der Waals surface area contributed by atoms with Crippen LogP contribution in [0, 0.1) is 12.7 Å². The Kier molecular flexibility index (Phi) is 6.27. The number of aryl methyl sites for hydroxylation is 1. The Balaban J connectivity index is 1.35. The van der Waals surface area contributed by atoms with E-state index in [1.165, 1.54) is 6.07 Å². The molecule has 1 N–H and O–H groups in total. The molecule has 0 saturated carbocycles. The lowest BCUT2D eigenvalue weighted by Gasteiger charge is -2.45. The lowest BCUT2D eigenvalue weighted by Crippen LogP contribution is -2.56. The van der Waals surface area contributed by atoms with Gasteiger partial charge in [0.15, 0.2) is 0 Å². The Morgan fingerprint density at radius 2 is 1.90 bits per heavy atom. The van der Waals surface area contributed by atoms with Crippen LogP contribution in [0.3, 0.4) is 0 Å². The van der Waals surface area contributed by atoms with E-state index in [-0.39, 0.29) is 35.9 Å². The molecule has 0 radical (unpaired) electrons. The Hall–Kier alpha value is -2.15. The van der Waals surface area contributed by atoms with Crippen molar-refractivity contribution in [3.05, 3.63) is 35.1 Å². The van der Waals surface area contributed by atoms with Gasteiger partial charge in [-0.2, -0.15) is 0 Å². The SMILES string of the molecule is CCOC(=O)N1C2CCC1CC(N1CCCC(NC(=O)c3ccc(F)c(C)c3)C1)C2. The van der Waals surface area contributed by atoms with Crippen LogP contribution in [0.2, 0.25) is 0 Å². The van der Waals surface area contributed by atoms with E-state index in [0.29, 0.717) is 23.8 Å².